The van der Waals surface area contributed by atoms with Crippen LogP contribution >= 0.6 is 0 Å². The van der Waals surface area contributed by atoms with Crippen LogP contribution in [0.3, 0.4) is 0 Å². The third-order valence-corrected chi connectivity index (χ3v) is 4.24. The van der Waals surface area contributed by atoms with Gasteiger partial charge in [-0.1, -0.05) is 18.2 Å². The molecule has 4 rings (SSSR count). The van der Waals surface area contributed by atoms with E-state index in [0.29, 0.717) is 17.8 Å². The zero-order valence-electron chi connectivity index (χ0n) is 13.5. The Balaban J connectivity index is 1.58. The van der Waals surface area contributed by atoms with E-state index in [9.17, 15) is 9.18 Å². The Morgan fingerprint density at radius 1 is 1.20 bits per heavy atom. The van der Waals surface area contributed by atoms with E-state index in [1.54, 1.807) is 30.6 Å². The van der Waals surface area contributed by atoms with E-state index in [2.05, 4.69) is 10.1 Å². The number of hydrogen-bond donors (Lipinski definition) is 0. The zero-order chi connectivity index (χ0) is 17.2. The number of rotatable bonds is 5. The first kappa shape index (κ1) is 15.5. The SMILES string of the molecule is O=C(c1cnn(-c2ccccc2F)c1)N(Cc1ccccn1)C1CC1. The van der Waals surface area contributed by atoms with Crippen LogP contribution in [0.4, 0.5) is 4.39 Å². The van der Waals surface area contributed by atoms with E-state index < -0.39 is 0 Å². The van der Waals surface area contributed by atoms with Gasteiger partial charge in [-0.05, 0) is 37.1 Å². The normalized spacial score (nSPS) is 13.6. The fourth-order valence-electron chi connectivity index (χ4n) is 2.79. The van der Waals surface area contributed by atoms with Gasteiger partial charge in [-0.2, -0.15) is 5.10 Å². The molecule has 0 N–H and O–H groups in total. The first-order valence-corrected chi connectivity index (χ1v) is 8.23. The lowest BCUT2D eigenvalue weighted by molar-refractivity contribution is 0.0727. The van der Waals surface area contributed by atoms with Crippen molar-refractivity contribution in [2.75, 3.05) is 0 Å². The largest absolute Gasteiger partial charge is 0.330 e. The molecule has 2 heterocycles. The molecule has 0 aliphatic heterocycles. The van der Waals surface area contributed by atoms with Gasteiger partial charge in [-0.15, -0.1) is 0 Å². The van der Waals surface area contributed by atoms with Gasteiger partial charge in [-0.25, -0.2) is 9.07 Å². The van der Waals surface area contributed by atoms with Gasteiger partial charge in [0.1, 0.15) is 11.5 Å². The highest BCUT2D eigenvalue weighted by Crippen LogP contribution is 2.29. The Morgan fingerprint density at radius 3 is 2.72 bits per heavy atom. The molecule has 0 unspecified atom stereocenters. The number of amides is 1. The Bertz CT molecular complexity index is 889. The Kier molecular flexibility index (Phi) is 4.01. The standard InChI is InChI=1S/C19H17FN4O/c20-17-6-1-2-7-18(17)24-12-14(11-22-24)19(25)23(16-8-9-16)13-15-5-3-4-10-21-15/h1-7,10-12,16H,8-9,13H2. The fourth-order valence-corrected chi connectivity index (χ4v) is 2.79. The second-order valence-electron chi connectivity index (χ2n) is 6.11. The summed E-state index contributed by atoms with van der Waals surface area (Å²) in [5.74, 6) is -0.479. The second kappa shape index (κ2) is 6.47. The maximum Gasteiger partial charge on any atom is 0.257 e. The Morgan fingerprint density at radius 2 is 2.00 bits per heavy atom. The lowest BCUT2D eigenvalue weighted by atomic mass is 10.2. The van der Waals surface area contributed by atoms with Crippen molar-refractivity contribution in [1.82, 2.24) is 19.7 Å². The van der Waals surface area contributed by atoms with E-state index in [1.165, 1.54) is 16.9 Å². The van der Waals surface area contributed by atoms with Crippen molar-refractivity contribution in [3.63, 3.8) is 0 Å². The summed E-state index contributed by atoms with van der Waals surface area (Å²) in [5, 5.41) is 4.15. The fraction of sp³-hybridized carbons (Fsp3) is 0.211. The average Bonchev–Trinajstić information content (AvgIpc) is 3.37. The summed E-state index contributed by atoms with van der Waals surface area (Å²) >= 11 is 0. The Hall–Kier alpha value is -3.02. The molecule has 1 saturated carbocycles. The van der Waals surface area contributed by atoms with Crippen molar-refractivity contribution in [3.05, 3.63) is 78.1 Å². The highest BCUT2D eigenvalue weighted by Gasteiger charge is 2.33. The number of carbonyl (C=O) groups excluding carboxylic acids is 1. The van der Waals surface area contributed by atoms with Gasteiger partial charge in [0.25, 0.3) is 5.91 Å². The maximum atomic E-state index is 13.9. The molecule has 6 heteroatoms. The lowest BCUT2D eigenvalue weighted by Crippen LogP contribution is -2.32. The van der Waals surface area contributed by atoms with E-state index in [0.717, 1.165) is 18.5 Å². The summed E-state index contributed by atoms with van der Waals surface area (Å²) in [7, 11) is 0. The quantitative estimate of drug-likeness (QED) is 0.719. The Labute approximate surface area is 144 Å². The van der Waals surface area contributed by atoms with Gasteiger partial charge in [0.05, 0.1) is 24.0 Å². The van der Waals surface area contributed by atoms with Gasteiger partial charge in [0.2, 0.25) is 0 Å². The second-order valence-corrected chi connectivity index (χ2v) is 6.11. The molecule has 126 valence electrons. The molecule has 1 aliphatic carbocycles. The number of pyridine rings is 1. The maximum absolute atomic E-state index is 13.9. The summed E-state index contributed by atoms with van der Waals surface area (Å²) in [4.78, 5) is 19.0. The molecule has 25 heavy (non-hydrogen) atoms. The number of carbonyl (C=O) groups is 1. The number of aromatic nitrogens is 3. The molecule has 3 aromatic rings. The van der Waals surface area contributed by atoms with Gasteiger partial charge in [0.15, 0.2) is 0 Å². The third-order valence-electron chi connectivity index (χ3n) is 4.24. The first-order chi connectivity index (χ1) is 12.2. The third kappa shape index (κ3) is 3.28. The molecule has 1 aromatic carbocycles. The minimum atomic E-state index is -0.378. The molecule has 0 radical (unpaired) electrons. The molecule has 0 spiro atoms. The molecular weight excluding hydrogens is 319 g/mol. The highest BCUT2D eigenvalue weighted by atomic mass is 19.1. The van der Waals surface area contributed by atoms with Crippen LogP contribution < -0.4 is 0 Å². The van der Waals surface area contributed by atoms with Crippen LogP contribution in [0.2, 0.25) is 0 Å². The number of hydrogen-bond acceptors (Lipinski definition) is 3. The first-order valence-electron chi connectivity index (χ1n) is 8.23. The van der Waals surface area contributed by atoms with Gasteiger partial charge in [-0.3, -0.25) is 9.78 Å². The van der Waals surface area contributed by atoms with Crippen molar-refractivity contribution in [3.8, 4) is 5.69 Å². The van der Waals surface area contributed by atoms with Gasteiger partial charge >= 0.3 is 0 Å². The van der Waals surface area contributed by atoms with Crippen LogP contribution in [0, 0.1) is 5.82 Å². The summed E-state index contributed by atoms with van der Waals surface area (Å²) in [6, 6.07) is 12.3. The van der Waals surface area contributed by atoms with Crippen LogP contribution in [0.25, 0.3) is 5.69 Å². The molecule has 0 atom stereocenters. The molecule has 0 bridgehead atoms. The van der Waals surface area contributed by atoms with Crippen molar-refractivity contribution in [2.24, 2.45) is 0 Å². The van der Waals surface area contributed by atoms with Crippen molar-refractivity contribution < 1.29 is 9.18 Å². The van der Waals surface area contributed by atoms with Crippen LogP contribution in [-0.4, -0.2) is 31.6 Å². The van der Waals surface area contributed by atoms with Crippen LogP contribution in [0.1, 0.15) is 28.9 Å². The van der Waals surface area contributed by atoms with Crippen molar-refractivity contribution >= 4 is 5.91 Å². The lowest BCUT2D eigenvalue weighted by Gasteiger charge is -2.21. The van der Waals surface area contributed by atoms with Gasteiger partial charge in [0, 0.05) is 18.4 Å². The van der Waals surface area contributed by atoms with Crippen LogP contribution in [0.5, 0.6) is 0 Å². The van der Waals surface area contributed by atoms with E-state index in [1.807, 2.05) is 23.1 Å². The molecule has 0 saturated heterocycles. The van der Waals surface area contributed by atoms with E-state index in [4.69, 9.17) is 0 Å². The molecule has 1 amide bonds. The van der Waals surface area contributed by atoms with E-state index in [-0.39, 0.29) is 17.8 Å². The molecule has 1 aliphatic rings. The summed E-state index contributed by atoms with van der Waals surface area (Å²) in [5.41, 5.74) is 1.62. The predicted octanol–water partition coefficient (Wildman–Crippen LogP) is 3.21. The molecular formula is C19H17FN4O. The highest BCUT2D eigenvalue weighted by molar-refractivity contribution is 5.94. The minimum Gasteiger partial charge on any atom is -0.330 e. The molecule has 5 nitrogen and oxygen atoms in total. The number of benzene rings is 1. The zero-order valence-corrected chi connectivity index (χ0v) is 13.5. The summed E-state index contributed by atoms with van der Waals surface area (Å²) in [6.45, 7) is 0.467. The van der Waals surface area contributed by atoms with Crippen molar-refractivity contribution in [2.45, 2.75) is 25.4 Å². The van der Waals surface area contributed by atoms with Crippen LogP contribution in [-0.2, 0) is 6.54 Å². The summed E-state index contributed by atoms with van der Waals surface area (Å²) < 4.78 is 15.3. The number of halogens is 1. The average molecular weight is 336 g/mol. The van der Waals surface area contributed by atoms with Crippen LogP contribution in [0.15, 0.2) is 61.1 Å². The van der Waals surface area contributed by atoms with E-state index >= 15 is 0 Å². The molecule has 1 fully saturated rings. The predicted molar refractivity (Wildman–Crippen MR) is 90.7 cm³/mol. The van der Waals surface area contributed by atoms with Crippen molar-refractivity contribution in [1.29, 1.82) is 0 Å². The minimum absolute atomic E-state index is 0.101. The number of nitrogens with zero attached hydrogens (tertiary/aromatic N) is 4. The smallest absolute Gasteiger partial charge is 0.257 e. The monoisotopic (exact) mass is 336 g/mol. The summed E-state index contributed by atoms with van der Waals surface area (Å²) in [6.07, 6.45) is 6.79. The topological polar surface area (TPSA) is 51.0 Å². The van der Waals surface area contributed by atoms with Gasteiger partial charge < -0.3 is 4.90 Å². The molecule has 2 aromatic heterocycles. The number of para-hydroxylation sites is 1.